The van der Waals surface area contributed by atoms with Gasteiger partial charge in [-0.1, -0.05) is 0 Å². The lowest BCUT2D eigenvalue weighted by Gasteiger charge is -2.33. The summed E-state index contributed by atoms with van der Waals surface area (Å²) in [6.45, 7) is 6.59. The van der Waals surface area contributed by atoms with E-state index in [2.05, 4.69) is 0 Å². The van der Waals surface area contributed by atoms with Gasteiger partial charge in [-0.25, -0.2) is 4.57 Å². The van der Waals surface area contributed by atoms with Crippen LogP contribution in [-0.4, -0.2) is 93.6 Å². The first kappa shape index (κ1) is 25.3. The Kier molecular flexibility index (Phi) is 9.22. The molecule has 0 aliphatic carbocycles. The maximum absolute atomic E-state index is 12.6. The van der Waals surface area contributed by atoms with Crippen LogP contribution >= 0.6 is 7.82 Å². The second-order valence-electron chi connectivity index (χ2n) is 8.01. The van der Waals surface area contributed by atoms with Crippen molar-refractivity contribution in [2.45, 2.75) is 88.7 Å². The zero-order valence-electron chi connectivity index (χ0n) is 17.4. The van der Waals surface area contributed by atoms with Crippen molar-refractivity contribution in [1.82, 2.24) is 0 Å². The summed E-state index contributed by atoms with van der Waals surface area (Å²) < 4.78 is 45.4. The van der Waals surface area contributed by atoms with Gasteiger partial charge in [-0.05, 0) is 40.5 Å². The fourth-order valence-corrected chi connectivity index (χ4v) is 4.35. The normalized spacial score (nSPS) is 37.4. The van der Waals surface area contributed by atoms with E-state index in [0.717, 1.165) is 0 Å². The van der Waals surface area contributed by atoms with E-state index in [-0.39, 0.29) is 37.9 Å². The summed E-state index contributed by atoms with van der Waals surface area (Å²) in [6, 6.07) is -1.31. The Labute approximate surface area is 175 Å². The van der Waals surface area contributed by atoms with Gasteiger partial charge in [0.25, 0.3) is 0 Å². The minimum absolute atomic E-state index is 0.0512. The molecule has 2 N–H and O–H groups in total. The van der Waals surface area contributed by atoms with Crippen LogP contribution in [0.5, 0.6) is 0 Å². The monoisotopic (exact) mass is 432 g/mol. The van der Waals surface area contributed by atoms with Gasteiger partial charge in [-0.15, -0.1) is 0 Å². The van der Waals surface area contributed by atoms with Crippen molar-refractivity contribution in [3.63, 3.8) is 0 Å². The van der Waals surface area contributed by atoms with Crippen LogP contribution in [-0.2, 0) is 32.6 Å². The first-order valence-corrected chi connectivity index (χ1v) is 11.3. The smallest absolute Gasteiger partial charge is 0.393 e. The fraction of sp³-hybridized carbons (Fsp3) is 1.00. The highest BCUT2D eigenvalue weighted by Gasteiger charge is 2.51. The average molecular weight is 432 g/mol. The molecule has 0 bridgehead atoms. The van der Waals surface area contributed by atoms with Crippen LogP contribution in [0.2, 0.25) is 0 Å². The van der Waals surface area contributed by atoms with Crippen LogP contribution in [0, 0.1) is 0 Å². The van der Waals surface area contributed by atoms with Gasteiger partial charge in [0.2, 0.25) is 0 Å². The molecule has 0 aromatic heterocycles. The summed E-state index contributed by atoms with van der Waals surface area (Å²) in [5, 5.41) is 9.86. The Balaban J connectivity index is 1.98. The highest BCUT2D eigenvalue weighted by Crippen LogP contribution is 2.49. The molecule has 0 amide bonds. The third-order valence-corrected chi connectivity index (χ3v) is 5.68. The number of hydrogen-bond acceptors (Lipinski definition) is 8. The van der Waals surface area contributed by atoms with Gasteiger partial charge in [-0.3, -0.25) is 9.05 Å². The number of hydrogen-bond donors (Lipinski definition) is 2. The largest absolute Gasteiger partial charge is 0.472 e. The van der Waals surface area contributed by atoms with E-state index < -0.39 is 44.2 Å². The SMILES string of the molecule is [B]C1CC(OC(C)C)C(COP(=O)(O)OC2CC([B])OC2(CO)COC(C)C)O1. The Morgan fingerprint density at radius 1 is 1.17 bits per heavy atom. The molecule has 2 rings (SSSR count). The number of aliphatic hydroxyl groups excluding tert-OH is 1. The molecule has 7 atom stereocenters. The van der Waals surface area contributed by atoms with E-state index in [1.54, 1.807) is 0 Å². The molecule has 29 heavy (non-hydrogen) atoms. The molecular formula is C17H31B2O9P. The molecule has 2 saturated heterocycles. The molecule has 9 nitrogen and oxygen atoms in total. The minimum atomic E-state index is -4.52. The number of rotatable bonds is 11. The summed E-state index contributed by atoms with van der Waals surface area (Å²) in [7, 11) is 7.10. The number of phosphoric ester groups is 1. The van der Waals surface area contributed by atoms with Crippen molar-refractivity contribution in [3.8, 4) is 0 Å². The van der Waals surface area contributed by atoms with Crippen molar-refractivity contribution in [2.75, 3.05) is 19.8 Å². The summed E-state index contributed by atoms with van der Waals surface area (Å²) in [6.07, 6.45) is -1.61. The Morgan fingerprint density at radius 2 is 1.86 bits per heavy atom. The van der Waals surface area contributed by atoms with Gasteiger partial charge < -0.3 is 28.9 Å². The molecule has 0 saturated carbocycles. The number of phosphoric acid groups is 1. The van der Waals surface area contributed by atoms with Crippen molar-refractivity contribution in [2.24, 2.45) is 0 Å². The topological polar surface area (TPSA) is 113 Å². The molecule has 4 radical (unpaired) electrons. The zero-order valence-corrected chi connectivity index (χ0v) is 18.3. The van der Waals surface area contributed by atoms with E-state index in [1.807, 2.05) is 27.7 Å². The molecule has 0 spiro atoms. The highest BCUT2D eigenvalue weighted by atomic mass is 31.2. The average Bonchev–Trinajstić information content (AvgIpc) is 3.09. The molecule has 164 valence electrons. The van der Waals surface area contributed by atoms with Crippen molar-refractivity contribution in [3.05, 3.63) is 0 Å². The van der Waals surface area contributed by atoms with Crippen LogP contribution in [0.1, 0.15) is 40.5 Å². The van der Waals surface area contributed by atoms with Crippen molar-refractivity contribution in [1.29, 1.82) is 0 Å². The fourth-order valence-electron chi connectivity index (χ4n) is 3.36. The van der Waals surface area contributed by atoms with Crippen molar-refractivity contribution >= 4 is 23.5 Å². The second kappa shape index (κ2) is 10.6. The van der Waals surface area contributed by atoms with Gasteiger partial charge in [0.1, 0.15) is 33.5 Å². The Hall–Kier alpha value is 0.0399. The molecule has 2 heterocycles. The molecule has 0 aromatic carbocycles. The molecule has 12 heteroatoms. The van der Waals surface area contributed by atoms with Crippen molar-refractivity contribution < 1.29 is 42.6 Å². The predicted octanol–water partition coefficient (Wildman–Crippen LogP) is 0.637. The molecule has 0 aromatic rings. The van der Waals surface area contributed by atoms with Gasteiger partial charge in [0, 0.05) is 12.0 Å². The highest BCUT2D eigenvalue weighted by molar-refractivity contribution is 7.47. The standard InChI is InChI=1S/C17H31B2O9P/c1-10(2)23-9-17(8-20)14(6-16(19)27-17)28-29(21,22)24-7-13-12(25-11(3)4)5-15(18)26-13/h10-16,20H,5-9H2,1-4H3,(H,21,22). The summed E-state index contributed by atoms with van der Waals surface area (Å²) in [5.41, 5.74) is -1.36. The molecular weight excluding hydrogens is 401 g/mol. The van der Waals surface area contributed by atoms with Crippen LogP contribution in [0.4, 0.5) is 0 Å². The van der Waals surface area contributed by atoms with Gasteiger partial charge in [-0.2, -0.15) is 0 Å². The van der Waals surface area contributed by atoms with Crippen LogP contribution in [0.25, 0.3) is 0 Å². The second-order valence-corrected chi connectivity index (χ2v) is 9.41. The third kappa shape index (κ3) is 7.30. The molecule has 7 unspecified atom stereocenters. The summed E-state index contributed by atoms with van der Waals surface area (Å²) >= 11 is 0. The summed E-state index contributed by atoms with van der Waals surface area (Å²) in [4.78, 5) is 10.2. The third-order valence-electron chi connectivity index (χ3n) is 4.69. The van der Waals surface area contributed by atoms with E-state index in [0.29, 0.717) is 6.42 Å². The zero-order chi connectivity index (χ0) is 21.8. The lowest BCUT2D eigenvalue weighted by Crippen LogP contribution is -2.49. The number of ether oxygens (including phenoxy) is 4. The lowest BCUT2D eigenvalue weighted by molar-refractivity contribution is -0.144. The van der Waals surface area contributed by atoms with Gasteiger partial charge >= 0.3 is 7.82 Å². The van der Waals surface area contributed by atoms with E-state index in [9.17, 15) is 14.6 Å². The minimum Gasteiger partial charge on any atom is -0.393 e. The van der Waals surface area contributed by atoms with E-state index in [1.165, 1.54) is 0 Å². The summed E-state index contributed by atoms with van der Waals surface area (Å²) in [5.74, 6) is 0. The quantitative estimate of drug-likeness (QED) is 0.359. The maximum atomic E-state index is 12.6. The molecule has 2 fully saturated rings. The maximum Gasteiger partial charge on any atom is 0.472 e. The Bertz CT molecular complexity index is 567. The Morgan fingerprint density at radius 3 is 2.45 bits per heavy atom. The predicted molar refractivity (Wildman–Crippen MR) is 106 cm³/mol. The first-order chi connectivity index (χ1) is 13.5. The number of aliphatic hydroxyl groups is 1. The van der Waals surface area contributed by atoms with Gasteiger partial charge in [0.15, 0.2) is 0 Å². The van der Waals surface area contributed by atoms with Crippen LogP contribution in [0.15, 0.2) is 0 Å². The van der Waals surface area contributed by atoms with Crippen LogP contribution in [0.3, 0.4) is 0 Å². The van der Waals surface area contributed by atoms with E-state index >= 15 is 0 Å². The molecule has 2 aliphatic heterocycles. The molecule has 2 aliphatic rings. The first-order valence-electron chi connectivity index (χ1n) is 9.84. The van der Waals surface area contributed by atoms with Crippen LogP contribution < -0.4 is 0 Å². The lowest BCUT2D eigenvalue weighted by atomic mass is 9.93. The van der Waals surface area contributed by atoms with Gasteiger partial charge in [0.05, 0.1) is 38.1 Å². The van der Waals surface area contributed by atoms with E-state index in [4.69, 9.17) is 43.7 Å².